The maximum Gasteiger partial charge on any atom is 0.274 e. The predicted molar refractivity (Wildman–Crippen MR) is 98.8 cm³/mol. The number of hydrogen-bond acceptors (Lipinski definition) is 7. The topological polar surface area (TPSA) is 94.6 Å². The number of nitrogens with zero attached hydrogens (tertiary/aromatic N) is 2. The van der Waals surface area contributed by atoms with Crippen molar-refractivity contribution in [1.82, 2.24) is 9.97 Å². The zero-order chi connectivity index (χ0) is 18.6. The van der Waals surface area contributed by atoms with E-state index in [9.17, 15) is 4.79 Å². The van der Waals surface area contributed by atoms with Crippen molar-refractivity contribution in [1.29, 1.82) is 0 Å². The van der Waals surface area contributed by atoms with Crippen LogP contribution in [0.5, 0.6) is 17.2 Å². The molecule has 0 atom stereocenters. The van der Waals surface area contributed by atoms with Gasteiger partial charge in [0.05, 0.1) is 7.11 Å². The number of fused-ring (bicyclic) bond motifs is 1. The number of carbonyl (C=O) groups excluding carboxylic acids is 1. The highest BCUT2D eigenvalue weighted by Crippen LogP contribution is 2.34. The highest BCUT2D eigenvalue weighted by Gasteiger charge is 2.14. The van der Waals surface area contributed by atoms with Gasteiger partial charge >= 0.3 is 0 Å². The van der Waals surface area contributed by atoms with Crippen molar-refractivity contribution < 1.29 is 19.0 Å². The van der Waals surface area contributed by atoms with Crippen LogP contribution < -0.4 is 24.8 Å². The molecule has 0 saturated heterocycles. The Hall–Kier alpha value is -3.81. The second-order valence-corrected chi connectivity index (χ2v) is 5.64. The standard InChI is InChI=1S/C19H16N4O4/c1-25-14-5-2-12(3-6-14)21-18(24)15-8-9-20-19(23-15)22-13-4-7-16-17(10-13)27-11-26-16/h2-10H,11H2,1H3,(H,21,24)(H,20,22,23). The van der Waals surface area contributed by atoms with Gasteiger partial charge in [0.25, 0.3) is 5.91 Å². The molecule has 2 N–H and O–H groups in total. The summed E-state index contributed by atoms with van der Waals surface area (Å²) in [4.78, 5) is 20.8. The Labute approximate surface area is 155 Å². The van der Waals surface area contributed by atoms with E-state index in [1.807, 2.05) is 6.07 Å². The summed E-state index contributed by atoms with van der Waals surface area (Å²) in [5.74, 6) is 2.01. The molecular weight excluding hydrogens is 348 g/mol. The second-order valence-electron chi connectivity index (χ2n) is 5.64. The maximum absolute atomic E-state index is 12.4. The Balaban J connectivity index is 1.47. The molecule has 1 aliphatic heterocycles. The van der Waals surface area contributed by atoms with Crippen LogP contribution >= 0.6 is 0 Å². The third-order valence-electron chi connectivity index (χ3n) is 3.86. The van der Waals surface area contributed by atoms with Crippen LogP contribution in [0.1, 0.15) is 10.5 Å². The monoisotopic (exact) mass is 364 g/mol. The lowest BCUT2D eigenvalue weighted by atomic mass is 10.3. The van der Waals surface area contributed by atoms with Gasteiger partial charge in [0.2, 0.25) is 12.7 Å². The molecule has 4 rings (SSSR count). The molecule has 0 aliphatic carbocycles. The quantitative estimate of drug-likeness (QED) is 0.718. The molecule has 136 valence electrons. The first-order valence-corrected chi connectivity index (χ1v) is 8.16. The number of carbonyl (C=O) groups is 1. The summed E-state index contributed by atoms with van der Waals surface area (Å²) in [6.45, 7) is 0.205. The molecule has 2 aromatic carbocycles. The molecule has 2 heterocycles. The van der Waals surface area contributed by atoms with Crippen LogP contribution in [0.2, 0.25) is 0 Å². The zero-order valence-corrected chi connectivity index (χ0v) is 14.4. The van der Waals surface area contributed by atoms with E-state index in [0.717, 1.165) is 5.69 Å². The molecule has 0 fully saturated rings. The number of aromatic nitrogens is 2. The van der Waals surface area contributed by atoms with Gasteiger partial charge in [0, 0.05) is 23.6 Å². The minimum Gasteiger partial charge on any atom is -0.497 e. The summed E-state index contributed by atoms with van der Waals surface area (Å²) >= 11 is 0. The van der Waals surface area contributed by atoms with Gasteiger partial charge in [0.15, 0.2) is 11.5 Å². The number of methoxy groups -OCH3 is 1. The summed E-state index contributed by atoms with van der Waals surface area (Å²) in [5.41, 5.74) is 1.61. The Morgan fingerprint density at radius 1 is 1.04 bits per heavy atom. The third kappa shape index (κ3) is 3.74. The van der Waals surface area contributed by atoms with Crippen LogP contribution in [0.15, 0.2) is 54.7 Å². The van der Waals surface area contributed by atoms with Crippen molar-refractivity contribution in [3.05, 3.63) is 60.4 Å². The van der Waals surface area contributed by atoms with Crippen molar-refractivity contribution >= 4 is 23.2 Å². The first-order chi connectivity index (χ1) is 13.2. The van der Waals surface area contributed by atoms with E-state index in [4.69, 9.17) is 14.2 Å². The van der Waals surface area contributed by atoms with Crippen molar-refractivity contribution in [3.63, 3.8) is 0 Å². The lowest BCUT2D eigenvalue weighted by Crippen LogP contribution is -2.14. The Morgan fingerprint density at radius 3 is 2.63 bits per heavy atom. The van der Waals surface area contributed by atoms with Gasteiger partial charge in [-0.1, -0.05) is 0 Å². The Morgan fingerprint density at radius 2 is 1.81 bits per heavy atom. The number of rotatable bonds is 5. The van der Waals surface area contributed by atoms with E-state index in [2.05, 4.69) is 20.6 Å². The largest absolute Gasteiger partial charge is 0.497 e. The molecule has 0 unspecified atom stereocenters. The third-order valence-corrected chi connectivity index (χ3v) is 3.86. The highest BCUT2D eigenvalue weighted by molar-refractivity contribution is 6.03. The minimum absolute atomic E-state index is 0.205. The van der Waals surface area contributed by atoms with Crippen LogP contribution in [0.4, 0.5) is 17.3 Å². The SMILES string of the molecule is COc1ccc(NC(=O)c2ccnc(Nc3ccc4c(c3)OCO4)n2)cc1. The molecule has 0 radical (unpaired) electrons. The number of nitrogens with one attached hydrogen (secondary N) is 2. The first kappa shape index (κ1) is 16.6. The Kier molecular flexibility index (Phi) is 4.44. The average molecular weight is 364 g/mol. The van der Waals surface area contributed by atoms with Crippen molar-refractivity contribution in [3.8, 4) is 17.2 Å². The van der Waals surface area contributed by atoms with Crippen molar-refractivity contribution in [2.24, 2.45) is 0 Å². The molecular formula is C19H16N4O4. The molecule has 8 heteroatoms. The summed E-state index contributed by atoms with van der Waals surface area (Å²) in [6.07, 6.45) is 1.52. The average Bonchev–Trinajstić information content (AvgIpc) is 3.16. The van der Waals surface area contributed by atoms with Crippen LogP contribution in [0.25, 0.3) is 0 Å². The smallest absolute Gasteiger partial charge is 0.274 e. The molecule has 3 aromatic rings. The fourth-order valence-corrected chi connectivity index (χ4v) is 2.52. The van der Waals surface area contributed by atoms with E-state index in [0.29, 0.717) is 28.9 Å². The number of hydrogen-bond donors (Lipinski definition) is 2. The van der Waals surface area contributed by atoms with Crippen LogP contribution in [0.3, 0.4) is 0 Å². The summed E-state index contributed by atoms with van der Waals surface area (Å²) in [7, 11) is 1.59. The molecule has 1 aromatic heterocycles. The van der Waals surface area contributed by atoms with E-state index in [-0.39, 0.29) is 18.4 Å². The first-order valence-electron chi connectivity index (χ1n) is 8.16. The summed E-state index contributed by atoms with van der Waals surface area (Å²) in [5, 5.41) is 5.84. The fourth-order valence-electron chi connectivity index (χ4n) is 2.52. The number of ether oxygens (including phenoxy) is 3. The van der Waals surface area contributed by atoms with Gasteiger partial charge in [-0.3, -0.25) is 4.79 Å². The van der Waals surface area contributed by atoms with Gasteiger partial charge in [0.1, 0.15) is 11.4 Å². The summed E-state index contributed by atoms with van der Waals surface area (Å²) in [6, 6.07) is 14.0. The molecule has 0 bridgehead atoms. The lowest BCUT2D eigenvalue weighted by Gasteiger charge is -2.08. The van der Waals surface area contributed by atoms with E-state index in [1.54, 1.807) is 49.6 Å². The fraction of sp³-hybridized carbons (Fsp3) is 0.105. The molecule has 0 saturated carbocycles. The number of amides is 1. The molecule has 27 heavy (non-hydrogen) atoms. The van der Waals surface area contributed by atoms with Crippen molar-refractivity contribution in [2.75, 3.05) is 24.5 Å². The lowest BCUT2D eigenvalue weighted by molar-refractivity contribution is 0.102. The van der Waals surface area contributed by atoms with E-state index < -0.39 is 0 Å². The minimum atomic E-state index is -0.337. The van der Waals surface area contributed by atoms with Gasteiger partial charge in [-0.2, -0.15) is 0 Å². The van der Waals surface area contributed by atoms with Gasteiger partial charge in [-0.05, 0) is 42.5 Å². The van der Waals surface area contributed by atoms with E-state index in [1.165, 1.54) is 6.20 Å². The molecule has 1 amide bonds. The van der Waals surface area contributed by atoms with Gasteiger partial charge in [-0.25, -0.2) is 9.97 Å². The summed E-state index contributed by atoms with van der Waals surface area (Å²) < 4.78 is 15.7. The van der Waals surface area contributed by atoms with Gasteiger partial charge in [-0.15, -0.1) is 0 Å². The molecule has 1 aliphatic rings. The van der Waals surface area contributed by atoms with Gasteiger partial charge < -0.3 is 24.8 Å². The predicted octanol–water partition coefficient (Wildman–Crippen LogP) is 3.21. The van der Waals surface area contributed by atoms with Crippen LogP contribution in [-0.4, -0.2) is 29.8 Å². The number of benzene rings is 2. The maximum atomic E-state index is 12.4. The second kappa shape index (κ2) is 7.20. The zero-order valence-electron chi connectivity index (χ0n) is 14.4. The van der Waals surface area contributed by atoms with Crippen LogP contribution in [0, 0.1) is 0 Å². The molecule has 8 nitrogen and oxygen atoms in total. The van der Waals surface area contributed by atoms with Crippen molar-refractivity contribution in [2.45, 2.75) is 0 Å². The normalized spacial score (nSPS) is 11.7. The number of anilines is 3. The highest BCUT2D eigenvalue weighted by atomic mass is 16.7. The molecule has 0 spiro atoms. The Bertz CT molecular complexity index is 976. The van der Waals surface area contributed by atoms with E-state index >= 15 is 0 Å². The van der Waals surface area contributed by atoms with Crippen LogP contribution in [-0.2, 0) is 0 Å².